The maximum Gasteiger partial charge on any atom is 0.410 e. The summed E-state index contributed by atoms with van der Waals surface area (Å²) < 4.78 is 13.2. The lowest BCUT2D eigenvalue weighted by Crippen LogP contribution is -2.58. The minimum Gasteiger partial charge on any atom is -0.444 e. The van der Waals surface area contributed by atoms with Crippen LogP contribution in [0.1, 0.15) is 102 Å². The number of piperidine rings is 1. The molecule has 12 heteroatoms. The van der Waals surface area contributed by atoms with E-state index in [-0.39, 0.29) is 37.4 Å². The lowest BCUT2D eigenvalue weighted by molar-refractivity contribution is -0.142. The molecule has 47 heavy (non-hydrogen) atoms. The van der Waals surface area contributed by atoms with Crippen LogP contribution < -0.4 is 0 Å². The Labute approximate surface area is 279 Å². The van der Waals surface area contributed by atoms with Crippen molar-refractivity contribution in [3.05, 3.63) is 28.6 Å². The second-order valence-electron chi connectivity index (χ2n) is 14.8. The molecule has 1 saturated carbocycles. The van der Waals surface area contributed by atoms with Crippen LogP contribution in [0.5, 0.6) is 0 Å². The highest BCUT2D eigenvalue weighted by Crippen LogP contribution is 2.40. The molecular formula is C35H54N6O6. The molecule has 2 aliphatic heterocycles. The summed E-state index contributed by atoms with van der Waals surface area (Å²) in [5.74, 6) is -0.610. The Morgan fingerprint density at radius 2 is 1.85 bits per heavy atom. The number of hydrogen-bond donors (Lipinski definition) is 1. The van der Waals surface area contributed by atoms with Crippen molar-refractivity contribution in [2.24, 2.45) is 11.8 Å². The van der Waals surface area contributed by atoms with Crippen molar-refractivity contribution in [3.63, 3.8) is 0 Å². The molecule has 2 atom stereocenters. The highest BCUT2D eigenvalue weighted by molar-refractivity contribution is 5.94. The van der Waals surface area contributed by atoms with Crippen LogP contribution in [0.3, 0.4) is 0 Å². The summed E-state index contributed by atoms with van der Waals surface area (Å²) in [4.78, 5) is 47.3. The van der Waals surface area contributed by atoms with Gasteiger partial charge in [-0.3, -0.25) is 9.59 Å². The van der Waals surface area contributed by atoms with E-state index in [4.69, 9.17) is 9.47 Å². The van der Waals surface area contributed by atoms with Gasteiger partial charge in [0.1, 0.15) is 5.60 Å². The maximum absolute atomic E-state index is 14.7. The maximum atomic E-state index is 14.7. The summed E-state index contributed by atoms with van der Waals surface area (Å²) in [6, 6.07) is -0.419. The molecule has 2 aliphatic carbocycles. The zero-order valence-corrected chi connectivity index (χ0v) is 29.0. The Bertz CT molecular complexity index is 1350. The molecule has 12 nitrogen and oxygen atoms in total. The molecule has 0 unspecified atom stereocenters. The molecule has 3 amide bonds. The van der Waals surface area contributed by atoms with E-state index in [1.807, 2.05) is 35.3 Å². The molecule has 0 bridgehead atoms. The van der Waals surface area contributed by atoms with Gasteiger partial charge in [-0.05, 0) is 95.6 Å². The van der Waals surface area contributed by atoms with Gasteiger partial charge in [-0.2, -0.15) is 0 Å². The van der Waals surface area contributed by atoms with Crippen molar-refractivity contribution in [1.29, 1.82) is 0 Å². The fraction of sp³-hybridized carbons (Fsp3) is 0.743. The van der Waals surface area contributed by atoms with Gasteiger partial charge in [0.2, 0.25) is 5.91 Å². The lowest BCUT2D eigenvalue weighted by atomic mass is 9.91. The largest absolute Gasteiger partial charge is 0.444 e. The number of likely N-dealkylation sites (tertiary alicyclic amines) is 1. The summed E-state index contributed by atoms with van der Waals surface area (Å²) in [6.07, 6.45) is 9.13. The number of unbranched alkanes of at least 4 members (excludes halogenated alkanes) is 1. The molecule has 1 aromatic rings. The minimum atomic E-state index is -0.702. The van der Waals surface area contributed by atoms with Crippen LogP contribution in [0.2, 0.25) is 0 Å². The second kappa shape index (κ2) is 15.3. The van der Waals surface area contributed by atoms with Crippen LogP contribution in [0.15, 0.2) is 17.2 Å². The van der Waals surface area contributed by atoms with E-state index < -0.39 is 23.7 Å². The van der Waals surface area contributed by atoms with Crippen LogP contribution >= 0.6 is 0 Å². The zero-order chi connectivity index (χ0) is 33.7. The fourth-order valence-electron chi connectivity index (χ4n) is 7.32. The number of ether oxygens (including phenoxy) is 2. The van der Waals surface area contributed by atoms with Gasteiger partial charge in [-0.15, -0.1) is 5.10 Å². The number of hydrogen-bond acceptors (Lipinski definition) is 8. The summed E-state index contributed by atoms with van der Waals surface area (Å²) in [6.45, 7) is 12.6. The normalized spacial score (nSPS) is 22.0. The molecule has 4 aliphatic rings. The topological polar surface area (TPSA) is 130 Å². The SMILES string of the molecule is CC(C)CN(C(=O)c1nnn(C2=C3CCCC3=CCC2)c1CCCCO)[C@H]1C[C@@H](C(=O)N2CCOCC2)CN(C(=O)OC(C)(C)C)C1. The van der Waals surface area contributed by atoms with Crippen LogP contribution in [0.4, 0.5) is 4.79 Å². The van der Waals surface area contributed by atoms with Crippen LogP contribution in [0.25, 0.3) is 5.70 Å². The Morgan fingerprint density at radius 3 is 2.55 bits per heavy atom. The smallest absolute Gasteiger partial charge is 0.410 e. The molecule has 2 saturated heterocycles. The molecule has 1 N–H and O–H groups in total. The first-order valence-corrected chi connectivity index (χ1v) is 17.6. The van der Waals surface area contributed by atoms with Gasteiger partial charge in [0.25, 0.3) is 5.91 Å². The Balaban J connectivity index is 1.49. The highest BCUT2D eigenvalue weighted by Gasteiger charge is 2.42. The van der Waals surface area contributed by atoms with Crippen LogP contribution in [-0.2, 0) is 20.7 Å². The van der Waals surface area contributed by atoms with E-state index in [2.05, 4.69) is 30.2 Å². The average Bonchev–Trinajstić information content (AvgIpc) is 3.70. The van der Waals surface area contributed by atoms with E-state index in [1.165, 1.54) is 11.1 Å². The summed E-state index contributed by atoms with van der Waals surface area (Å²) in [5.41, 5.74) is 4.23. The minimum absolute atomic E-state index is 0.0229. The van der Waals surface area contributed by atoms with Gasteiger partial charge in [0.05, 0.1) is 30.9 Å². The second-order valence-corrected chi connectivity index (χ2v) is 14.8. The molecule has 3 heterocycles. The third-order valence-electron chi connectivity index (χ3n) is 9.44. The third kappa shape index (κ3) is 8.43. The van der Waals surface area contributed by atoms with Gasteiger partial charge in [0, 0.05) is 45.0 Å². The van der Waals surface area contributed by atoms with Crippen molar-refractivity contribution in [2.75, 3.05) is 52.5 Å². The van der Waals surface area contributed by atoms with Crippen molar-refractivity contribution >= 4 is 23.6 Å². The number of fused-ring (bicyclic) bond motifs is 1. The van der Waals surface area contributed by atoms with Gasteiger partial charge in [-0.1, -0.05) is 25.1 Å². The Hall–Kier alpha value is -3.25. The lowest BCUT2D eigenvalue weighted by Gasteiger charge is -2.44. The molecule has 0 aromatic carbocycles. The Kier molecular flexibility index (Phi) is 11.4. The molecule has 0 spiro atoms. The van der Waals surface area contributed by atoms with Crippen LogP contribution in [0, 0.1) is 11.8 Å². The van der Waals surface area contributed by atoms with Crippen molar-refractivity contribution in [3.8, 4) is 0 Å². The quantitative estimate of drug-likeness (QED) is 0.370. The van der Waals surface area contributed by atoms with Crippen molar-refractivity contribution in [1.82, 2.24) is 29.7 Å². The van der Waals surface area contributed by atoms with Gasteiger partial charge in [-0.25, -0.2) is 9.48 Å². The van der Waals surface area contributed by atoms with E-state index in [1.54, 1.807) is 4.90 Å². The van der Waals surface area contributed by atoms with E-state index in [0.29, 0.717) is 64.2 Å². The number of morpholine rings is 1. The third-order valence-corrected chi connectivity index (χ3v) is 9.44. The number of amides is 3. The zero-order valence-electron chi connectivity index (χ0n) is 29.0. The summed E-state index contributed by atoms with van der Waals surface area (Å²) in [7, 11) is 0. The standard InChI is InChI=1S/C35H54N6O6/c1-24(2)21-40(27-20-26(32(43)38-15-18-46-19-16-38)22-39(23-27)34(45)47-35(3,4)5)33(44)31-30(13-6-7-17-42)41(37-36-31)29-14-9-11-25-10-8-12-28(25)29/h11,24,26-27,42H,6-10,12-23H2,1-5H3/t26-,27+/m1/s1. The van der Waals surface area contributed by atoms with E-state index in [0.717, 1.165) is 43.5 Å². The molecule has 1 aromatic heterocycles. The first kappa shape index (κ1) is 35.1. The summed E-state index contributed by atoms with van der Waals surface area (Å²) in [5, 5.41) is 18.7. The first-order chi connectivity index (χ1) is 22.5. The number of aromatic nitrogens is 3. The predicted molar refractivity (Wildman–Crippen MR) is 177 cm³/mol. The number of carbonyl (C=O) groups excluding carboxylic acids is 3. The number of aliphatic hydroxyl groups is 1. The summed E-state index contributed by atoms with van der Waals surface area (Å²) >= 11 is 0. The fourth-order valence-corrected chi connectivity index (χ4v) is 7.32. The van der Waals surface area contributed by atoms with E-state index >= 15 is 0 Å². The molecular weight excluding hydrogens is 600 g/mol. The van der Waals surface area contributed by atoms with Gasteiger partial charge < -0.3 is 29.3 Å². The van der Waals surface area contributed by atoms with Crippen LogP contribution in [-0.4, -0.2) is 117 Å². The Morgan fingerprint density at radius 1 is 1.09 bits per heavy atom. The average molecular weight is 655 g/mol. The van der Waals surface area contributed by atoms with E-state index in [9.17, 15) is 19.5 Å². The van der Waals surface area contributed by atoms with Gasteiger partial charge in [0.15, 0.2) is 5.69 Å². The number of nitrogens with zero attached hydrogens (tertiary/aromatic N) is 6. The van der Waals surface area contributed by atoms with Crippen molar-refractivity contribution < 1.29 is 29.0 Å². The first-order valence-electron chi connectivity index (χ1n) is 17.6. The van der Waals surface area contributed by atoms with Gasteiger partial charge >= 0.3 is 6.09 Å². The molecule has 0 radical (unpaired) electrons. The van der Waals surface area contributed by atoms with Crippen molar-refractivity contribution in [2.45, 2.75) is 104 Å². The molecule has 5 rings (SSSR count). The number of carbonyl (C=O) groups is 3. The molecule has 3 fully saturated rings. The number of aliphatic hydroxyl groups excluding tert-OH is 1. The number of allylic oxidation sites excluding steroid dienone is 4. The molecule has 260 valence electrons. The number of rotatable bonds is 10. The highest BCUT2D eigenvalue weighted by atomic mass is 16.6. The predicted octanol–water partition coefficient (Wildman–Crippen LogP) is 4.29. The monoisotopic (exact) mass is 654 g/mol.